The van der Waals surface area contributed by atoms with Crippen molar-refractivity contribution in [2.75, 3.05) is 59.9 Å². The van der Waals surface area contributed by atoms with Crippen molar-refractivity contribution in [1.82, 2.24) is 10.2 Å². The van der Waals surface area contributed by atoms with Crippen LogP contribution in [0.25, 0.3) is 0 Å². The van der Waals surface area contributed by atoms with E-state index in [1.165, 1.54) is 0 Å². The van der Waals surface area contributed by atoms with Gasteiger partial charge in [0, 0.05) is 31.6 Å². The molecule has 1 heterocycles. The maximum absolute atomic E-state index is 5.84. The Morgan fingerprint density at radius 1 is 1.25 bits per heavy atom. The van der Waals surface area contributed by atoms with Gasteiger partial charge in [0.05, 0.1) is 20.2 Å². The van der Waals surface area contributed by atoms with Crippen LogP contribution in [0.4, 0.5) is 0 Å². The summed E-state index contributed by atoms with van der Waals surface area (Å²) in [5.74, 6) is 2.60. The van der Waals surface area contributed by atoms with E-state index in [2.05, 4.69) is 30.4 Å². The van der Waals surface area contributed by atoms with E-state index in [-0.39, 0.29) is 28.7 Å². The fraction of sp³-hybridized carbons (Fsp3) is 0.650. The van der Waals surface area contributed by atoms with Crippen molar-refractivity contribution < 1.29 is 14.2 Å². The van der Waals surface area contributed by atoms with Crippen LogP contribution in [-0.2, 0) is 4.74 Å². The Kier molecular flexibility index (Phi) is 12.0. The van der Waals surface area contributed by atoms with E-state index in [9.17, 15) is 0 Å². The molecule has 28 heavy (non-hydrogen) atoms. The maximum Gasteiger partial charge on any atom is 0.193 e. The molecule has 160 valence electrons. The van der Waals surface area contributed by atoms with Crippen LogP contribution < -0.4 is 14.8 Å². The molecule has 1 saturated heterocycles. The van der Waals surface area contributed by atoms with Crippen molar-refractivity contribution in [2.24, 2.45) is 4.99 Å². The van der Waals surface area contributed by atoms with E-state index >= 15 is 0 Å². The Bertz CT molecular complexity index is 581. The van der Waals surface area contributed by atoms with Crippen molar-refractivity contribution in [3.05, 3.63) is 24.3 Å². The highest BCUT2D eigenvalue weighted by atomic mass is 127. The standard InChI is InChI=1S/C20H33N3O3S.HI/c1-5-21-19(22-16-20(27-4)10-13-25-14-11-20)23(2)12-15-26-18-8-6-17(24-3)7-9-18;/h6-9H,5,10-16H2,1-4H3,(H,21,22);1H. The number of ether oxygens (including phenoxy) is 3. The third-order valence-corrected chi connectivity index (χ3v) is 6.21. The fourth-order valence-electron chi connectivity index (χ4n) is 2.94. The SMILES string of the molecule is CCNC(=NCC1(SC)CCOCC1)N(C)CCOc1ccc(OC)cc1.I. The van der Waals surface area contributed by atoms with Crippen LogP contribution in [-0.4, -0.2) is 75.5 Å². The van der Waals surface area contributed by atoms with Gasteiger partial charge in [0.1, 0.15) is 18.1 Å². The molecule has 1 aromatic carbocycles. The van der Waals surface area contributed by atoms with Gasteiger partial charge in [-0.1, -0.05) is 0 Å². The van der Waals surface area contributed by atoms with E-state index in [4.69, 9.17) is 19.2 Å². The van der Waals surface area contributed by atoms with Crippen LogP contribution in [0.2, 0.25) is 0 Å². The van der Waals surface area contributed by atoms with E-state index in [0.717, 1.165) is 63.1 Å². The number of likely N-dealkylation sites (N-methyl/N-ethyl adjacent to an activating group) is 1. The van der Waals surface area contributed by atoms with Gasteiger partial charge in [0.15, 0.2) is 5.96 Å². The summed E-state index contributed by atoms with van der Waals surface area (Å²) >= 11 is 1.91. The van der Waals surface area contributed by atoms with Crippen molar-refractivity contribution >= 4 is 41.7 Å². The zero-order valence-corrected chi connectivity index (χ0v) is 20.5. The zero-order chi connectivity index (χ0) is 19.5. The summed E-state index contributed by atoms with van der Waals surface area (Å²) in [6.45, 7) is 6.76. The highest BCUT2D eigenvalue weighted by molar-refractivity contribution is 14.0. The second-order valence-electron chi connectivity index (χ2n) is 6.62. The van der Waals surface area contributed by atoms with Crippen LogP contribution in [0.5, 0.6) is 11.5 Å². The number of methoxy groups -OCH3 is 1. The summed E-state index contributed by atoms with van der Waals surface area (Å²) in [4.78, 5) is 7.04. The van der Waals surface area contributed by atoms with Crippen LogP contribution >= 0.6 is 35.7 Å². The largest absolute Gasteiger partial charge is 0.497 e. The molecule has 0 aliphatic carbocycles. The van der Waals surface area contributed by atoms with E-state index in [0.29, 0.717) is 6.61 Å². The molecule has 1 aliphatic heterocycles. The van der Waals surface area contributed by atoms with E-state index in [1.807, 2.05) is 36.0 Å². The second kappa shape index (κ2) is 13.4. The Labute approximate surface area is 190 Å². The van der Waals surface area contributed by atoms with Crippen LogP contribution in [0.3, 0.4) is 0 Å². The molecule has 1 fully saturated rings. The quantitative estimate of drug-likeness (QED) is 0.304. The molecule has 0 spiro atoms. The first kappa shape index (κ1) is 25.2. The Morgan fingerprint density at radius 3 is 2.46 bits per heavy atom. The van der Waals surface area contributed by atoms with Gasteiger partial charge in [-0.2, -0.15) is 11.8 Å². The number of rotatable bonds is 9. The second-order valence-corrected chi connectivity index (χ2v) is 7.89. The lowest BCUT2D eigenvalue weighted by Crippen LogP contribution is -2.43. The minimum atomic E-state index is 0. The number of hydrogen-bond acceptors (Lipinski definition) is 5. The van der Waals surface area contributed by atoms with Crippen molar-refractivity contribution in [1.29, 1.82) is 0 Å². The molecule has 0 unspecified atom stereocenters. The van der Waals surface area contributed by atoms with Crippen molar-refractivity contribution in [3.63, 3.8) is 0 Å². The first-order valence-corrected chi connectivity index (χ1v) is 10.7. The minimum absolute atomic E-state index is 0. The summed E-state index contributed by atoms with van der Waals surface area (Å²) in [6.07, 6.45) is 4.29. The minimum Gasteiger partial charge on any atom is -0.497 e. The molecule has 1 aromatic rings. The Morgan fingerprint density at radius 2 is 1.89 bits per heavy atom. The monoisotopic (exact) mass is 523 g/mol. The van der Waals surface area contributed by atoms with E-state index < -0.39 is 0 Å². The molecule has 1 aliphatic rings. The highest BCUT2D eigenvalue weighted by Crippen LogP contribution is 2.34. The summed E-state index contributed by atoms with van der Waals surface area (Å²) in [5.41, 5.74) is 0. The summed E-state index contributed by atoms with van der Waals surface area (Å²) in [6, 6.07) is 7.65. The first-order chi connectivity index (χ1) is 13.1. The van der Waals surface area contributed by atoms with Gasteiger partial charge in [0.2, 0.25) is 0 Å². The lowest BCUT2D eigenvalue weighted by atomic mass is 9.99. The Balaban J connectivity index is 0.00000392. The van der Waals surface area contributed by atoms with Crippen LogP contribution in [0.1, 0.15) is 19.8 Å². The van der Waals surface area contributed by atoms with Gasteiger partial charge >= 0.3 is 0 Å². The topological polar surface area (TPSA) is 55.3 Å². The molecular formula is C20H34IN3O3S. The number of benzene rings is 1. The van der Waals surface area contributed by atoms with Gasteiger partial charge in [-0.25, -0.2) is 0 Å². The molecule has 8 heteroatoms. The fourth-order valence-corrected chi connectivity index (χ4v) is 3.71. The summed E-state index contributed by atoms with van der Waals surface area (Å²) in [5, 5.41) is 3.39. The molecule has 0 radical (unpaired) electrons. The molecule has 2 rings (SSSR count). The summed E-state index contributed by atoms with van der Waals surface area (Å²) in [7, 11) is 3.71. The van der Waals surface area contributed by atoms with Gasteiger partial charge in [-0.3, -0.25) is 4.99 Å². The normalized spacial score (nSPS) is 16.1. The smallest absolute Gasteiger partial charge is 0.193 e. The molecule has 0 saturated carbocycles. The average molecular weight is 523 g/mol. The van der Waals surface area contributed by atoms with Crippen LogP contribution in [0.15, 0.2) is 29.3 Å². The number of nitrogens with zero attached hydrogens (tertiary/aromatic N) is 2. The van der Waals surface area contributed by atoms with Crippen molar-refractivity contribution in [3.8, 4) is 11.5 Å². The molecule has 0 aromatic heterocycles. The number of nitrogens with one attached hydrogen (secondary N) is 1. The molecule has 0 atom stereocenters. The number of thioether (sulfide) groups is 1. The lowest BCUT2D eigenvalue weighted by Gasteiger charge is -2.34. The number of halogens is 1. The van der Waals surface area contributed by atoms with E-state index in [1.54, 1.807) is 7.11 Å². The predicted molar refractivity (Wildman–Crippen MR) is 129 cm³/mol. The maximum atomic E-state index is 5.84. The van der Waals surface area contributed by atoms with Gasteiger partial charge in [-0.05, 0) is 50.3 Å². The van der Waals surface area contributed by atoms with Gasteiger partial charge < -0.3 is 24.4 Å². The third-order valence-electron chi connectivity index (χ3n) is 4.81. The van der Waals surface area contributed by atoms with Gasteiger partial charge in [0.25, 0.3) is 0 Å². The zero-order valence-electron chi connectivity index (χ0n) is 17.4. The lowest BCUT2D eigenvalue weighted by molar-refractivity contribution is 0.0793. The third kappa shape index (κ3) is 7.87. The Hall–Kier alpha value is -0.870. The van der Waals surface area contributed by atoms with Crippen molar-refractivity contribution in [2.45, 2.75) is 24.5 Å². The molecule has 0 bridgehead atoms. The predicted octanol–water partition coefficient (Wildman–Crippen LogP) is 3.50. The molecular weight excluding hydrogens is 489 g/mol. The van der Waals surface area contributed by atoms with Crippen LogP contribution in [0, 0.1) is 0 Å². The number of aliphatic imine (C=N–C) groups is 1. The molecule has 0 amide bonds. The number of hydrogen-bond donors (Lipinski definition) is 1. The highest BCUT2D eigenvalue weighted by Gasteiger charge is 2.31. The molecule has 6 nitrogen and oxygen atoms in total. The average Bonchev–Trinajstić information content (AvgIpc) is 2.72. The summed E-state index contributed by atoms with van der Waals surface area (Å²) < 4.78 is 16.7. The number of guanidine groups is 1. The first-order valence-electron chi connectivity index (χ1n) is 9.51. The van der Waals surface area contributed by atoms with Gasteiger partial charge in [-0.15, -0.1) is 24.0 Å². The molecule has 1 N–H and O–H groups in total.